The van der Waals surface area contributed by atoms with Gasteiger partial charge in [0.1, 0.15) is 5.75 Å². The number of rotatable bonds is 6. The van der Waals surface area contributed by atoms with Crippen molar-refractivity contribution in [3.8, 4) is 5.75 Å². The molecule has 2 fully saturated rings. The molecular formula is C27H34Cl4F3N3O3. The Labute approximate surface area is 255 Å². The molecule has 40 heavy (non-hydrogen) atoms. The predicted octanol–water partition coefficient (Wildman–Crippen LogP) is 6.04. The second-order valence-corrected chi connectivity index (χ2v) is 11.0. The first-order valence-corrected chi connectivity index (χ1v) is 13.4. The number of phenols is 1. The maximum atomic E-state index is 13.5. The highest BCUT2D eigenvalue weighted by Crippen LogP contribution is 2.33. The fraction of sp³-hybridized carbons (Fsp3) is 0.519. The molecule has 13 heteroatoms. The molecule has 0 bridgehead atoms. The van der Waals surface area contributed by atoms with E-state index in [9.17, 15) is 23.1 Å². The fourth-order valence-corrected chi connectivity index (χ4v) is 5.67. The molecule has 0 saturated carbocycles. The number of carbonyl (C=O) groups excluding carboxylic acids is 1. The van der Waals surface area contributed by atoms with Crippen molar-refractivity contribution in [2.75, 3.05) is 45.8 Å². The SMILES string of the molecule is CC1CN(CCN2CCN(C(=O)c3cc(Cl)cc(C(F)(F)F)c3)[C@H](Cc3ccc(Cl)c(O)c3)C2)CC(C)O1.Cl.Cl. The molecule has 2 saturated heterocycles. The molecule has 2 aromatic carbocycles. The normalized spacial score (nSPS) is 22.4. The summed E-state index contributed by atoms with van der Waals surface area (Å²) in [5.74, 6) is -0.563. The Hall–Kier alpha value is -1.46. The molecule has 2 aliphatic rings. The zero-order valence-corrected chi connectivity index (χ0v) is 25.3. The standard InChI is InChI=1S/C27H32Cl2F3N3O3.2ClH/c1-17-14-34(15-18(2)38-17)6-5-33-7-8-35(23(16-33)9-19-3-4-24(29)25(36)10-19)26(37)20-11-21(27(30,31)32)13-22(28)12-20;;/h3-4,10-13,17-18,23,36H,5-9,14-16H2,1-2H3;2*1H/t17?,18?,23-;;/m1../s1. The Morgan fingerprint density at radius 1 is 0.975 bits per heavy atom. The predicted molar refractivity (Wildman–Crippen MR) is 155 cm³/mol. The van der Waals surface area contributed by atoms with Gasteiger partial charge in [0.05, 0.1) is 22.8 Å². The number of piperazine rings is 1. The number of morpholine rings is 1. The molecule has 2 heterocycles. The maximum Gasteiger partial charge on any atom is 0.416 e. The Bertz CT molecular complexity index is 1150. The average Bonchev–Trinajstić information content (AvgIpc) is 2.83. The van der Waals surface area contributed by atoms with Crippen LogP contribution in [0.25, 0.3) is 0 Å². The molecule has 0 aliphatic carbocycles. The summed E-state index contributed by atoms with van der Waals surface area (Å²) < 4.78 is 46.0. The summed E-state index contributed by atoms with van der Waals surface area (Å²) in [4.78, 5) is 19.8. The molecule has 2 unspecified atom stereocenters. The van der Waals surface area contributed by atoms with Crippen molar-refractivity contribution in [2.24, 2.45) is 0 Å². The van der Waals surface area contributed by atoms with Crippen LogP contribution in [0.4, 0.5) is 13.2 Å². The van der Waals surface area contributed by atoms with Gasteiger partial charge in [0.2, 0.25) is 0 Å². The van der Waals surface area contributed by atoms with Crippen LogP contribution in [-0.4, -0.2) is 89.8 Å². The number of alkyl halides is 3. The molecule has 0 radical (unpaired) electrons. The van der Waals surface area contributed by atoms with E-state index in [1.807, 2.05) is 0 Å². The molecule has 3 atom stereocenters. The molecule has 0 aromatic heterocycles. The highest BCUT2D eigenvalue weighted by Gasteiger charge is 2.35. The minimum atomic E-state index is -4.62. The summed E-state index contributed by atoms with van der Waals surface area (Å²) in [6.45, 7) is 8.96. The van der Waals surface area contributed by atoms with Gasteiger partial charge in [-0.1, -0.05) is 29.3 Å². The summed E-state index contributed by atoms with van der Waals surface area (Å²) in [5, 5.41) is 10.2. The van der Waals surface area contributed by atoms with Gasteiger partial charge in [0.15, 0.2) is 0 Å². The Morgan fingerprint density at radius 2 is 1.62 bits per heavy atom. The van der Waals surface area contributed by atoms with Gasteiger partial charge in [-0.25, -0.2) is 0 Å². The second kappa shape index (κ2) is 14.6. The molecule has 224 valence electrons. The third kappa shape index (κ3) is 9.02. The van der Waals surface area contributed by atoms with Crippen LogP contribution in [0.5, 0.6) is 5.75 Å². The number of phenolic OH excluding ortho intramolecular Hbond substituents is 1. The van der Waals surface area contributed by atoms with Crippen molar-refractivity contribution in [3.63, 3.8) is 0 Å². The van der Waals surface area contributed by atoms with E-state index in [4.69, 9.17) is 27.9 Å². The quantitative estimate of drug-likeness (QED) is 0.415. The number of nitrogens with zero attached hydrogens (tertiary/aromatic N) is 3. The van der Waals surface area contributed by atoms with Crippen LogP contribution in [0.3, 0.4) is 0 Å². The van der Waals surface area contributed by atoms with E-state index in [2.05, 4.69) is 23.6 Å². The van der Waals surface area contributed by atoms with Crippen LogP contribution < -0.4 is 0 Å². The van der Waals surface area contributed by atoms with Gasteiger partial charge >= 0.3 is 6.18 Å². The molecule has 4 rings (SSSR count). The largest absolute Gasteiger partial charge is 0.506 e. The summed E-state index contributed by atoms with van der Waals surface area (Å²) >= 11 is 11.9. The molecule has 6 nitrogen and oxygen atoms in total. The van der Waals surface area contributed by atoms with Crippen LogP contribution in [0.2, 0.25) is 10.0 Å². The van der Waals surface area contributed by atoms with Crippen molar-refractivity contribution < 1.29 is 27.8 Å². The third-order valence-electron chi connectivity index (χ3n) is 7.01. The van der Waals surface area contributed by atoms with E-state index in [1.54, 1.807) is 23.1 Å². The lowest BCUT2D eigenvalue weighted by molar-refractivity contribution is -0.137. The van der Waals surface area contributed by atoms with Crippen LogP contribution in [-0.2, 0) is 17.3 Å². The van der Waals surface area contributed by atoms with Crippen molar-refractivity contribution >= 4 is 53.9 Å². The van der Waals surface area contributed by atoms with Gasteiger partial charge in [0, 0.05) is 62.4 Å². The van der Waals surface area contributed by atoms with Gasteiger partial charge < -0.3 is 14.7 Å². The monoisotopic (exact) mass is 645 g/mol. The first kappa shape index (κ1) is 34.7. The third-order valence-corrected chi connectivity index (χ3v) is 7.55. The lowest BCUT2D eigenvalue weighted by Crippen LogP contribution is -2.57. The zero-order chi connectivity index (χ0) is 27.6. The van der Waals surface area contributed by atoms with E-state index in [-0.39, 0.29) is 64.4 Å². The first-order valence-electron chi connectivity index (χ1n) is 12.7. The summed E-state index contributed by atoms with van der Waals surface area (Å²) in [6, 6.07) is 7.55. The minimum Gasteiger partial charge on any atom is -0.506 e. The number of amides is 1. The van der Waals surface area contributed by atoms with E-state index in [0.717, 1.165) is 43.9 Å². The lowest BCUT2D eigenvalue weighted by atomic mass is 10.00. The number of halogens is 7. The average molecular weight is 647 g/mol. The van der Waals surface area contributed by atoms with Gasteiger partial charge in [0.25, 0.3) is 5.91 Å². The highest BCUT2D eigenvalue weighted by atomic mass is 35.5. The van der Waals surface area contributed by atoms with Crippen molar-refractivity contribution in [1.29, 1.82) is 0 Å². The first-order chi connectivity index (χ1) is 17.9. The second-order valence-electron chi connectivity index (χ2n) is 10.2. The van der Waals surface area contributed by atoms with Crippen molar-refractivity contribution in [2.45, 2.75) is 44.7 Å². The van der Waals surface area contributed by atoms with Gasteiger partial charge in [-0.3, -0.25) is 14.6 Å². The molecule has 2 aliphatic heterocycles. The van der Waals surface area contributed by atoms with Crippen LogP contribution >= 0.6 is 48.0 Å². The van der Waals surface area contributed by atoms with Gasteiger partial charge in [-0.2, -0.15) is 13.2 Å². The summed E-state index contributed by atoms with van der Waals surface area (Å²) in [7, 11) is 0. The van der Waals surface area contributed by atoms with Gasteiger partial charge in [-0.05, 0) is 56.2 Å². The number of aromatic hydroxyl groups is 1. The molecule has 1 N–H and O–H groups in total. The van der Waals surface area contributed by atoms with Crippen molar-refractivity contribution in [3.05, 3.63) is 63.1 Å². The number of carbonyl (C=O) groups is 1. The minimum absolute atomic E-state index is 0. The van der Waals surface area contributed by atoms with E-state index in [1.165, 1.54) is 6.07 Å². The number of hydrogen-bond donors (Lipinski definition) is 1. The van der Waals surface area contributed by atoms with E-state index < -0.39 is 17.6 Å². The number of hydrogen-bond acceptors (Lipinski definition) is 5. The van der Waals surface area contributed by atoms with Crippen LogP contribution in [0.15, 0.2) is 36.4 Å². The van der Waals surface area contributed by atoms with Crippen molar-refractivity contribution in [1.82, 2.24) is 14.7 Å². The Morgan fingerprint density at radius 3 is 2.25 bits per heavy atom. The zero-order valence-electron chi connectivity index (χ0n) is 22.2. The molecular weight excluding hydrogens is 613 g/mol. The summed E-state index contributed by atoms with van der Waals surface area (Å²) in [5.41, 5.74) is -0.284. The molecule has 2 aromatic rings. The van der Waals surface area contributed by atoms with E-state index >= 15 is 0 Å². The van der Waals surface area contributed by atoms with Gasteiger partial charge in [-0.15, -0.1) is 24.8 Å². The lowest BCUT2D eigenvalue weighted by Gasteiger charge is -2.43. The number of ether oxygens (including phenoxy) is 1. The topological polar surface area (TPSA) is 56.2 Å². The summed E-state index contributed by atoms with van der Waals surface area (Å²) in [6.07, 6.45) is -3.88. The van der Waals surface area contributed by atoms with Crippen LogP contribution in [0, 0.1) is 0 Å². The number of benzene rings is 2. The Kier molecular flexibility index (Phi) is 12.7. The highest BCUT2D eigenvalue weighted by molar-refractivity contribution is 6.32. The van der Waals surface area contributed by atoms with Crippen LogP contribution in [0.1, 0.15) is 35.3 Å². The smallest absolute Gasteiger partial charge is 0.416 e. The maximum absolute atomic E-state index is 13.5. The molecule has 0 spiro atoms. The Balaban J connectivity index is 0.00000280. The fourth-order valence-electron chi connectivity index (χ4n) is 5.31. The van der Waals surface area contributed by atoms with E-state index in [0.29, 0.717) is 26.1 Å². The molecule has 1 amide bonds.